The van der Waals surface area contributed by atoms with Crippen LogP contribution in [0.1, 0.15) is 38.7 Å². The van der Waals surface area contributed by atoms with E-state index in [2.05, 4.69) is 19.2 Å². The Morgan fingerprint density at radius 1 is 1.45 bits per heavy atom. The van der Waals surface area contributed by atoms with Gasteiger partial charge in [-0.1, -0.05) is 26.0 Å². The van der Waals surface area contributed by atoms with Gasteiger partial charge in [-0.15, -0.1) is 0 Å². The molecule has 0 bridgehead atoms. The summed E-state index contributed by atoms with van der Waals surface area (Å²) in [5, 5.41) is 12.8. The van der Waals surface area contributed by atoms with Crippen molar-refractivity contribution in [3.8, 4) is 5.75 Å². The summed E-state index contributed by atoms with van der Waals surface area (Å²) < 4.78 is 0. The molecule has 1 aliphatic rings. The first-order valence-electron chi connectivity index (χ1n) is 7.37. The maximum Gasteiger partial charge on any atom is 0.224 e. The van der Waals surface area contributed by atoms with Gasteiger partial charge in [0.05, 0.1) is 0 Å². The summed E-state index contributed by atoms with van der Waals surface area (Å²) in [4.78, 5) is 14.3. The summed E-state index contributed by atoms with van der Waals surface area (Å²) in [6.07, 6.45) is 2.73. The summed E-state index contributed by atoms with van der Waals surface area (Å²) >= 11 is 0. The Morgan fingerprint density at radius 3 is 2.80 bits per heavy atom. The molecule has 0 heterocycles. The molecule has 0 unspecified atom stereocenters. The Labute approximate surface area is 120 Å². The zero-order chi connectivity index (χ0) is 14.5. The second-order valence-corrected chi connectivity index (χ2v) is 5.78. The number of carbonyl (C=O) groups is 1. The lowest BCUT2D eigenvalue weighted by Gasteiger charge is -2.23. The summed E-state index contributed by atoms with van der Waals surface area (Å²) in [5.74, 6) is 0.455. The van der Waals surface area contributed by atoms with Crippen LogP contribution in [0.3, 0.4) is 0 Å². The molecule has 1 aromatic rings. The van der Waals surface area contributed by atoms with E-state index in [1.54, 1.807) is 12.1 Å². The van der Waals surface area contributed by atoms with Gasteiger partial charge in [-0.25, -0.2) is 0 Å². The summed E-state index contributed by atoms with van der Waals surface area (Å²) in [5.41, 5.74) is 0.988. The van der Waals surface area contributed by atoms with Gasteiger partial charge in [0.2, 0.25) is 5.91 Å². The third kappa shape index (κ3) is 4.53. The molecular weight excluding hydrogens is 252 g/mol. The number of hydrogen-bond donors (Lipinski definition) is 2. The van der Waals surface area contributed by atoms with Crippen molar-refractivity contribution in [1.82, 2.24) is 10.2 Å². The molecule has 2 rings (SSSR count). The number of carbonyl (C=O) groups excluding carboxylic acids is 1. The van der Waals surface area contributed by atoms with Crippen LogP contribution in [0.15, 0.2) is 24.3 Å². The number of phenols is 1. The maximum atomic E-state index is 12.3. The average Bonchev–Trinajstić information content (AvgIpc) is 3.19. The van der Waals surface area contributed by atoms with Gasteiger partial charge in [-0.3, -0.25) is 4.79 Å². The molecule has 1 aliphatic carbocycles. The van der Waals surface area contributed by atoms with Crippen molar-refractivity contribution in [2.24, 2.45) is 0 Å². The van der Waals surface area contributed by atoms with Crippen LogP contribution in [0.4, 0.5) is 0 Å². The van der Waals surface area contributed by atoms with E-state index in [4.69, 9.17) is 0 Å². The number of rotatable bonds is 7. The Balaban J connectivity index is 1.91. The van der Waals surface area contributed by atoms with Crippen molar-refractivity contribution in [1.29, 1.82) is 0 Å². The highest BCUT2D eigenvalue weighted by molar-refractivity contribution is 5.77. The van der Waals surface area contributed by atoms with Crippen LogP contribution in [0.25, 0.3) is 0 Å². The van der Waals surface area contributed by atoms with Gasteiger partial charge in [-0.2, -0.15) is 0 Å². The number of nitrogens with zero attached hydrogens (tertiary/aromatic N) is 1. The lowest BCUT2D eigenvalue weighted by Crippen LogP contribution is -2.35. The Morgan fingerprint density at radius 2 is 2.20 bits per heavy atom. The van der Waals surface area contributed by atoms with E-state index in [1.165, 1.54) is 0 Å². The van der Waals surface area contributed by atoms with Crippen LogP contribution >= 0.6 is 0 Å². The van der Waals surface area contributed by atoms with Gasteiger partial charge in [0.15, 0.2) is 0 Å². The first kappa shape index (κ1) is 14.9. The number of aromatic hydroxyl groups is 1. The molecule has 1 amide bonds. The molecule has 2 N–H and O–H groups in total. The van der Waals surface area contributed by atoms with Crippen molar-refractivity contribution < 1.29 is 9.90 Å². The minimum absolute atomic E-state index is 0.198. The van der Waals surface area contributed by atoms with Gasteiger partial charge < -0.3 is 15.3 Å². The fraction of sp³-hybridized carbons (Fsp3) is 0.562. The minimum atomic E-state index is 0.198. The van der Waals surface area contributed by atoms with Crippen LogP contribution in [-0.4, -0.2) is 34.5 Å². The Kier molecular flexibility index (Phi) is 5.01. The summed E-state index contributed by atoms with van der Waals surface area (Å²) in [6.45, 7) is 5.48. The SMILES string of the molecule is CC(C)NCCC(=O)N(Cc1cccc(O)c1)C1CC1. The van der Waals surface area contributed by atoms with E-state index < -0.39 is 0 Å². The third-order valence-electron chi connectivity index (χ3n) is 3.46. The fourth-order valence-corrected chi connectivity index (χ4v) is 2.27. The van der Waals surface area contributed by atoms with Gasteiger partial charge in [0.25, 0.3) is 0 Å². The maximum absolute atomic E-state index is 12.3. The molecular formula is C16H24N2O2. The predicted molar refractivity (Wildman–Crippen MR) is 79.4 cm³/mol. The zero-order valence-electron chi connectivity index (χ0n) is 12.3. The van der Waals surface area contributed by atoms with E-state index in [1.807, 2.05) is 17.0 Å². The standard InChI is InChI=1S/C16H24N2O2/c1-12(2)17-9-8-16(20)18(14-6-7-14)11-13-4-3-5-15(19)10-13/h3-5,10,12,14,17,19H,6-9,11H2,1-2H3. The predicted octanol–water partition coefficient (Wildman–Crippen LogP) is 2.27. The van der Waals surface area contributed by atoms with Gasteiger partial charge in [0, 0.05) is 31.6 Å². The van der Waals surface area contributed by atoms with E-state index in [9.17, 15) is 9.90 Å². The van der Waals surface area contributed by atoms with Crippen molar-refractivity contribution in [2.45, 2.75) is 51.7 Å². The molecule has 0 aliphatic heterocycles. The smallest absolute Gasteiger partial charge is 0.224 e. The number of amides is 1. The van der Waals surface area contributed by atoms with Crippen LogP contribution in [0.2, 0.25) is 0 Å². The fourth-order valence-electron chi connectivity index (χ4n) is 2.27. The van der Waals surface area contributed by atoms with E-state index >= 15 is 0 Å². The average molecular weight is 276 g/mol. The highest BCUT2D eigenvalue weighted by Gasteiger charge is 2.32. The molecule has 20 heavy (non-hydrogen) atoms. The van der Waals surface area contributed by atoms with Crippen LogP contribution in [0, 0.1) is 0 Å². The molecule has 0 atom stereocenters. The van der Waals surface area contributed by atoms with Gasteiger partial charge in [-0.05, 0) is 30.5 Å². The molecule has 0 aromatic heterocycles. The second-order valence-electron chi connectivity index (χ2n) is 5.78. The van der Waals surface area contributed by atoms with Gasteiger partial charge in [0.1, 0.15) is 5.75 Å². The number of phenolic OH excluding ortho intramolecular Hbond substituents is 1. The van der Waals surface area contributed by atoms with Crippen molar-refractivity contribution in [3.05, 3.63) is 29.8 Å². The Bertz CT molecular complexity index is 456. The van der Waals surface area contributed by atoms with Crippen LogP contribution < -0.4 is 5.32 Å². The molecule has 0 spiro atoms. The topological polar surface area (TPSA) is 52.6 Å². The molecule has 4 nitrogen and oxygen atoms in total. The molecule has 4 heteroatoms. The van der Waals surface area contributed by atoms with Crippen molar-refractivity contribution >= 4 is 5.91 Å². The van der Waals surface area contributed by atoms with Crippen molar-refractivity contribution in [3.63, 3.8) is 0 Å². The molecule has 1 saturated carbocycles. The third-order valence-corrected chi connectivity index (χ3v) is 3.46. The van der Waals surface area contributed by atoms with Gasteiger partial charge >= 0.3 is 0 Å². The quantitative estimate of drug-likeness (QED) is 0.803. The first-order chi connectivity index (χ1) is 9.56. The van der Waals surface area contributed by atoms with Crippen LogP contribution in [0.5, 0.6) is 5.75 Å². The van der Waals surface area contributed by atoms with Crippen LogP contribution in [-0.2, 0) is 11.3 Å². The highest BCUT2D eigenvalue weighted by atomic mass is 16.3. The second kappa shape index (κ2) is 6.75. The van der Waals surface area contributed by atoms with E-state index in [0.717, 1.165) is 24.9 Å². The number of hydrogen-bond acceptors (Lipinski definition) is 3. The minimum Gasteiger partial charge on any atom is -0.508 e. The zero-order valence-corrected chi connectivity index (χ0v) is 12.3. The summed E-state index contributed by atoms with van der Waals surface area (Å²) in [6, 6.07) is 7.95. The molecule has 110 valence electrons. The largest absolute Gasteiger partial charge is 0.508 e. The number of nitrogens with one attached hydrogen (secondary N) is 1. The lowest BCUT2D eigenvalue weighted by molar-refractivity contribution is -0.132. The van der Waals surface area contributed by atoms with E-state index in [0.29, 0.717) is 25.0 Å². The number of benzene rings is 1. The first-order valence-corrected chi connectivity index (χ1v) is 7.37. The molecule has 0 saturated heterocycles. The van der Waals surface area contributed by atoms with E-state index in [-0.39, 0.29) is 11.7 Å². The normalized spacial score (nSPS) is 14.6. The lowest BCUT2D eigenvalue weighted by atomic mass is 10.2. The molecule has 0 radical (unpaired) electrons. The molecule has 1 aromatic carbocycles. The molecule has 1 fully saturated rings. The Hall–Kier alpha value is -1.55. The monoisotopic (exact) mass is 276 g/mol. The highest BCUT2D eigenvalue weighted by Crippen LogP contribution is 2.29. The van der Waals surface area contributed by atoms with Crippen molar-refractivity contribution in [2.75, 3.05) is 6.54 Å². The summed E-state index contributed by atoms with van der Waals surface area (Å²) in [7, 11) is 0.